The van der Waals surface area contributed by atoms with Crippen molar-refractivity contribution in [1.82, 2.24) is 0 Å². The highest BCUT2D eigenvalue weighted by atomic mass is 16.5. The van der Waals surface area contributed by atoms with Gasteiger partial charge in [-0.1, -0.05) is 0 Å². The smallest absolute Gasteiger partial charge is 0.255 e. The molecule has 1 heterocycles. The van der Waals surface area contributed by atoms with Crippen molar-refractivity contribution in [3.63, 3.8) is 0 Å². The van der Waals surface area contributed by atoms with Crippen molar-refractivity contribution in [2.24, 2.45) is 0 Å². The molecule has 0 aromatic heterocycles. The molecule has 0 bridgehead atoms. The minimum Gasteiger partial charge on any atom is -0.497 e. The van der Waals surface area contributed by atoms with Crippen LogP contribution in [0.4, 0.5) is 5.69 Å². The van der Waals surface area contributed by atoms with Gasteiger partial charge in [0.15, 0.2) is 0 Å². The Morgan fingerprint density at radius 3 is 2.42 bits per heavy atom. The first-order valence-electron chi connectivity index (χ1n) is 7.38. The number of carbonyl (C=O) groups is 1. The number of anilines is 1. The Hall–Kier alpha value is -3.21. The predicted molar refractivity (Wildman–Crippen MR) is 92.4 cm³/mol. The van der Waals surface area contributed by atoms with E-state index in [4.69, 9.17) is 14.2 Å². The van der Waals surface area contributed by atoms with Crippen molar-refractivity contribution >= 4 is 17.7 Å². The number of amides is 1. The van der Waals surface area contributed by atoms with Gasteiger partial charge in [-0.25, -0.2) is 0 Å². The van der Waals surface area contributed by atoms with E-state index in [1.807, 2.05) is 12.1 Å². The third-order valence-corrected chi connectivity index (χ3v) is 3.58. The van der Waals surface area contributed by atoms with Crippen LogP contribution in [0.2, 0.25) is 0 Å². The lowest BCUT2D eigenvalue weighted by Crippen LogP contribution is -2.13. The molecule has 0 spiro atoms. The summed E-state index contributed by atoms with van der Waals surface area (Å²) in [5.41, 5.74) is 1.95. The van der Waals surface area contributed by atoms with Crippen LogP contribution in [-0.4, -0.2) is 20.1 Å². The van der Waals surface area contributed by atoms with E-state index in [0.29, 0.717) is 22.8 Å². The van der Waals surface area contributed by atoms with Crippen LogP contribution < -0.4 is 19.5 Å². The summed E-state index contributed by atoms with van der Waals surface area (Å²) in [7, 11) is 3.19. The highest BCUT2D eigenvalue weighted by Crippen LogP contribution is 2.29. The minimum atomic E-state index is -0.226. The molecule has 5 nitrogen and oxygen atoms in total. The second-order valence-electron chi connectivity index (χ2n) is 5.11. The molecular formula is C19H17NO4. The van der Waals surface area contributed by atoms with Gasteiger partial charge in [-0.05, 0) is 54.6 Å². The molecule has 0 radical (unpaired) electrons. The lowest BCUT2D eigenvalue weighted by molar-refractivity contribution is -0.112. The number of ether oxygens (including phenoxy) is 3. The maximum absolute atomic E-state index is 12.5. The summed E-state index contributed by atoms with van der Waals surface area (Å²) in [6.45, 7) is 0. The average molecular weight is 323 g/mol. The molecule has 0 fully saturated rings. The van der Waals surface area contributed by atoms with E-state index in [0.717, 1.165) is 11.3 Å². The van der Waals surface area contributed by atoms with E-state index < -0.39 is 0 Å². The van der Waals surface area contributed by atoms with Gasteiger partial charge in [-0.15, -0.1) is 0 Å². The van der Waals surface area contributed by atoms with Crippen LogP contribution in [0.1, 0.15) is 5.56 Å². The van der Waals surface area contributed by atoms with E-state index in [2.05, 4.69) is 5.32 Å². The van der Waals surface area contributed by atoms with E-state index >= 15 is 0 Å². The molecule has 0 saturated carbocycles. The fourth-order valence-electron chi connectivity index (χ4n) is 2.29. The molecule has 2 aromatic rings. The first-order valence-corrected chi connectivity index (χ1v) is 7.38. The summed E-state index contributed by atoms with van der Waals surface area (Å²) in [5.74, 6) is 1.87. The van der Waals surface area contributed by atoms with Crippen molar-refractivity contribution in [1.29, 1.82) is 0 Å². The van der Waals surface area contributed by atoms with Gasteiger partial charge in [-0.3, -0.25) is 4.79 Å². The largest absolute Gasteiger partial charge is 0.497 e. The van der Waals surface area contributed by atoms with E-state index in [1.165, 1.54) is 6.26 Å². The SMILES string of the molecule is COc1ccc(NC(=O)C2=Cc3cc(OC)ccc3OC=C2)cc1. The Morgan fingerprint density at radius 1 is 1.00 bits per heavy atom. The molecule has 0 saturated heterocycles. The predicted octanol–water partition coefficient (Wildman–Crippen LogP) is 3.63. The van der Waals surface area contributed by atoms with Crippen LogP contribution in [0.25, 0.3) is 6.08 Å². The summed E-state index contributed by atoms with van der Waals surface area (Å²) in [6, 6.07) is 12.6. The van der Waals surface area contributed by atoms with E-state index in [1.54, 1.807) is 56.7 Å². The van der Waals surface area contributed by atoms with Crippen LogP contribution in [0.5, 0.6) is 17.2 Å². The van der Waals surface area contributed by atoms with Crippen LogP contribution in [0.3, 0.4) is 0 Å². The van der Waals surface area contributed by atoms with Crippen molar-refractivity contribution in [3.05, 3.63) is 65.9 Å². The second-order valence-corrected chi connectivity index (χ2v) is 5.11. The van der Waals surface area contributed by atoms with Gasteiger partial charge in [0.25, 0.3) is 5.91 Å². The topological polar surface area (TPSA) is 56.8 Å². The van der Waals surface area contributed by atoms with Crippen molar-refractivity contribution in [3.8, 4) is 17.2 Å². The molecule has 5 heteroatoms. The third kappa shape index (κ3) is 3.41. The van der Waals surface area contributed by atoms with Crippen LogP contribution >= 0.6 is 0 Å². The molecule has 0 unspecified atom stereocenters. The van der Waals surface area contributed by atoms with E-state index in [-0.39, 0.29) is 5.91 Å². The Balaban J connectivity index is 1.83. The van der Waals surface area contributed by atoms with E-state index in [9.17, 15) is 4.79 Å². The van der Waals surface area contributed by atoms with Crippen LogP contribution in [0, 0.1) is 0 Å². The van der Waals surface area contributed by atoms with Gasteiger partial charge < -0.3 is 19.5 Å². The van der Waals surface area contributed by atoms with Gasteiger partial charge in [0.2, 0.25) is 0 Å². The normalized spacial score (nSPS) is 12.3. The zero-order valence-electron chi connectivity index (χ0n) is 13.4. The number of carbonyl (C=O) groups excluding carboxylic acids is 1. The molecule has 24 heavy (non-hydrogen) atoms. The van der Waals surface area contributed by atoms with Crippen LogP contribution in [0.15, 0.2) is 60.4 Å². The molecule has 3 rings (SSSR count). The lowest BCUT2D eigenvalue weighted by Gasteiger charge is -2.07. The highest BCUT2D eigenvalue weighted by molar-refractivity contribution is 6.09. The first-order chi connectivity index (χ1) is 11.7. The van der Waals surface area contributed by atoms with Gasteiger partial charge in [0.1, 0.15) is 17.2 Å². The number of fused-ring (bicyclic) bond motifs is 1. The Morgan fingerprint density at radius 2 is 1.71 bits per heavy atom. The summed E-state index contributed by atoms with van der Waals surface area (Å²) in [5, 5.41) is 2.85. The third-order valence-electron chi connectivity index (χ3n) is 3.58. The van der Waals surface area contributed by atoms with Gasteiger partial charge in [0, 0.05) is 16.8 Å². The highest BCUT2D eigenvalue weighted by Gasteiger charge is 2.13. The lowest BCUT2D eigenvalue weighted by atomic mass is 10.1. The second kappa shape index (κ2) is 6.91. The maximum Gasteiger partial charge on any atom is 0.255 e. The molecule has 122 valence electrons. The molecule has 0 atom stereocenters. The fraction of sp³-hybridized carbons (Fsp3) is 0.105. The summed E-state index contributed by atoms with van der Waals surface area (Å²) < 4.78 is 15.8. The average Bonchev–Trinajstić information content (AvgIpc) is 2.84. The quantitative estimate of drug-likeness (QED) is 0.933. The molecule has 1 N–H and O–H groups in total. The minimum absolute atomic E-state index is 0.226. The number of hydrogen-bond donors (Lipinski definition) is 1. The first kappa shape index (κ1) is 15.7. The molecule has 1 aliphatic heterocycles. The van der Waals surface area contributed by atoms with Gasteiger partial charge in [-0.2, -0.15) is 0 Å². The zero-order valence-corrected chi connectivity index (χ0v) is 13.4. The molecular weight excluding hydrogens is 306 g/mol. The van der Waals surface area contributed by atoms with Crippen molar-refractivity contribution < 1.29 is 19.0 Å². The Bertz CT molecular complexity index is 807. The number of nitrogens with one attached hydrogen (secondary N) is 1. The number of methoxy groups -OCH3 is 2. The van der Waals surface area contributed by atoms with Gasteiger partial charge >= 0.3 is 0 Å². The number of benzene rings is 2. The van der Waals surface area contributed by atoms with Gasteiger partial charge in [0.05, 0.1) is 20.5 Å². The fourth-order valence-corrected chi connectivity index (χ4v) is 2.29. The maximum atomic E-state index is 12.5. The summed E-state index contributed by atoms with van der Waals surface area (Å²) in [6.07, 6.45) is 4.89. The summed E-state index contributed by atoms with van der Waals surface area (Å²) in [4.78, 5) is 12.5. The van der Waals surface area contributed by atoms with Crippen molar-refractivity contribution in [2.45, 2.75) is 0 Å². The zero-order chi connectivity index (χ0) is 16.9. The molecule has 1 aliphatic rings. The number of hydrogen-bond acceptors (Lipinski definition) is 4. The molecule has 0 aliphatic carbocycles. The standard InChI is InChI=1S/C19H17NO4/c1-22-16-5-3-15(4-6-16)20-19(21)13-9-10-24-18-8-7-17(23-2)12-14(18)11-13/h3-12H,1-2H3,(H,20,21). The van der Waals surface area contributed by atoms with Crippen molar-refractivity contribution in [2.75, 3.05) is 19.5 Å². The Kier molecular flexibility index (Phi) is 4.52. The summed E-state index contributed by atoms with van der Waals surface area (Å²) >= 11 is 0. The van der Waals surface area contributed by atoms with Crippen LogP contribution in [-0.2, 0) is 4.79 Å². The number of rotatable bonds is 4. The monoisotopic (exact) mass is 323 g/mol. The Labute approximate surface area is 140 Å². The molecule has 1 amide bonds. The molecule has 2 aromatic carbocycles.